The number of ether oxygens (including phenoxy) is 1. The number of hydrogen-bond acceptors (Lipinski definition) is 2. The molecule has 1 aliphatic carbocycles. The van der Waals surface area contributed by atoms with Crippen molar-refractivity contribution in [1.29, 1.82) is 0 Å². The molecular formula is C11H16O2. The average molecular weight is 180 g/mol. The molecule has 0 spiro atoms. The summed E-state index contributed by atoms with van der Waals surface area (Å²) in [4.78, 5) is 11.6. The van der Waals surface area contributed by atoms with E-state index in [9.17, 15) is 4.79 Å². The predicted octanol–water partition coefficient (Wildman–Crippen LogP) is 2.09. The largest absolute Gasteiger partial charge is 0.376 e. The van der Waals surface area contributed by atoms with E-state index in [0.29, 0.717) is 18.1 Å². The van der Waals surface area contributed by atoms with Gasteiger partial charge in [0.05, 0.1) is 13.2 Å². The van der Waals surface area contributed by atoms with Crippen LogP contribution in [0.4, 0.5) is 0 Å². The number of allylic oxidation sites excluding steroid dienone is 1. The Balaban J connectivity index is 2.12. The molecule has 0 amide bonds. The predicted molar refractivity (Wildman–Crippen MR) is 50.5 cm³/mol. The lowest BCUT2D eigenvalue weighted by Gasteiger charge is -2.01. The van der Waals surface area contributed by atoms with Crippen LogP contribution in [-0.2, 0) is 9.53 Å². The van der Waals surface area contributed by atoms with Crippen LogP contribution in [0.25, 0.3) is 0 Å². The zero-order valence-corrected chi connectivity index (χ0v) is 8.14. The first-order valence-corrected chi connectivity index (χ1v) is 5.15. The van der Waals surface area contributed by atoms with Crippen LogP contribution in [0.1, 0.15) is 32.6 Å². The molecule has 1 fully saturated rings. The van der Waals surface area contributed by atoms with Gasteiger partial charge in [-0.1, -0.05) is 13.3 Å². The molecule has 0 aromatic heterocycles. The lowest BCUT2D eigenvalue weighted by atomic mass is 10.0. The summed E-state index contributed by atoms with van der Waals surface area (Å²) >= 11 is 0. The molecule has 0 saturated carbocycles. The van der Waals surface area contributed by atoms with Crippen LogP contribution < -0.4 is 0 Å². The number of ketones is 1. The summed E-state index contributed by atoms with van der Waals surface area (Å²) in [5.74, 6) is 0.830. The van der Waals surface area contributed by atoms with Gasteiger partial charge in [-0.05, 0) is 24.0 Å². The Bertz CT molecular complexity index is 253. The number of rotatable bonds is 3. The first-order valence-electron chi connectivity index (χ1n) is 5.15. The van der Waals surface area contributed by atoms with E-state index in [1.807, 2.05) is 0 Å². The van der Waals surface area contributed by atoms with E-state index in [-0.39, 0.29) is 0 Å². The summed E-state index contributed by atoms with van der Waals surface area (Å²) in [5.41, 5.74) is 2.42. The first kappa shape index (κ1) is 8.95. The Morgan fingerprint density at radius 3 is 3.15 bits per heavy atom. The van der Waals surface area contributed by atoms with E-state index >= 15 is 0 Å². The summed E-state index contributed by atoms with van der Waals surface area (Å²) in [6.07, 6.45) is 3.99. The van der Waals surface area contributed by atoms with E-state index in [4.69, 9.17) is 4.74 Å². The monoisotopic (exact) mass is 180 g/mol. The maximum Gasteiger partial charge on any atom is 0.159 e. The molecule has 13 heavy (non-hydrogen) atoms. The van der Waals surface area contributed by atoms with Crippen molar-refractivity contribution in [3.8, 4) is 0 Å². The lowest BCUT2D eigenvalue weighted by molar-refractivity contribution is -0.115. The van der Waals surface area contributed by atoms with Crippen molar-refractivity contribution in [1.82, 2.24) is 0 Å². The molecule has 1 aliphatic heterocycles. The van der Waals surface area contributed by atoms with Gasteiger partial charge in [0.15, 0.2) is 5.78 Å². The number of hydrogen-bond donors (Lipinski definition) is 0. The normalized spacial score (nSPS) is 27.2. The number of fused-ring (bicyclic) bond motifs is 1. The van der Waals surface area contributed by atoms with Gasteiger partial charge in [0, 0.05) is 12.3 Å². The van der Waals surface area contributed by atoms with Gasteiger partial charge in [-0.2, -0.15) is 0 Å². The van der Waals surface area contributed by atoms with Crippen molar-refractivity contribution in [2.75, 3.05) is 13.2 Å². The van der Waals surface area contributed by atoms with Crippen molar-refractivity contribution in [3.05, 3.63) is 11.1 Å². The molecule has 0 N–H and O–H groups in total. The number of carbonyl (C=O) groups excluding carboxylic acids is 1. The van der Waals surface area contributed by atoms with Gasteiger partial charge in [0.1, 0.15) is 0 Å². The zero-order valence-electron chi connectivity index (χ0n) is 8.14. The lowest BCUT2D eigenvalue weighted by Crippen LogP contribution is -2.01. The molecule has 1 atom stereocenters. The summed E-state index contributed by atoms with van der Waals surface area (Å²) in [6.45, 7) is 3.65. The second kappa shape index (κ2) is 3.62. The molecule has 2 heteroatoms. The molecule has 1 heterocycles. The highest BCUT2D eigenvalue weighted by Gasteiger charge is 2.35. The molecule has 2 aliphatic rings. The van der Waals surface area contributed by atoms with E-state index < -0.39 is 0 Å². The van der Waals surface area contributed by atoms with Crippen molar-refractivity contribution in [2.45, 2.75) is 32.6 Å². The maximum atomic E-state index is 11.6. The van der Waals surface area contributed by atoms with Gasteiger partial charge in [-0.25, -0.2) is 0 Å². The standard InChI is InChI=1S/C11H16O2/c1-2-3-4-9-10-7-13-6-8(10)5-11(9)12/h8H,2-7H2,1H3. The Kier molecular flexibility index (Phi) is 2.49. The van der Waals surface area contributed by atoms with Gasteiger partial charge < -0.3 is 4.74 Å². The average Bonchev–Trinajstić information content (AvgIpc) is 2.62. The third-order valence-electron chi connectivity index (χ3n) is 3.01. The third kappa shape index (κ3) is 1.55. The molecule has 2 nitrogen and oxygen atoms in total. The summed E-state index contributed by atoms with van der Waals surface area (Å²) in [6, 6.07) is 0. The summed E-state index contributed by atoms with van der Waals surface area (Å²) in [7, 11) is 0. The molecule has 1 saturated heterocycles. The van der Waals surface area contributed by atoms with E-state index in [0.717, 1.165) is 38.0 Å². The molecule has 0 aromatic rings. The van der Waals surface area contributed by atoms with Gasteiger partial charge in [-0.3, -0.25) is 4.79 Å². The SMILES string of the molecule is CCCCC1=C2COCC2CC1=O. The van der Waals surface area contributed by atoms with Crippen molar-refractivity contribution in [3.63, 3.8) is 0 Å². The van der Waals surface area contributed by atoms with E-state index in [1.165, 1.54) is 5.57 Å². The van der Waals surface area contributed by atoms with Crippen molar-refractivity contribution >= 4 is 5.78 Å². The van der Waals surface area contributed by atoms with Gasteiger partial charge in [-0.15, -0.1) is 0 Å². The topological polar surface area (TPSA) is 26.3 Å². The molecule has 2 rings (SSSR count). The molecule has 0 aromatic carbocycles. The van der Waals surface area contributed by atoms with E-state index in [1.54, 1.807) is 0 Å². The molecule has 72 valence electrons. The van der Waals surface area contributed by atoms with Crippen LogP contribution >= 0.6 is 0 Å². The number of Topliss-reactive ketones (excluding diaryl/α,β-unsaturated/α-hetero) is 1. The second-order valence-electron chi connectivity index (χ2n) is 3.95. The molecule has 0 bridgehead atoms. The van der Waals surface area contributed by atoms with Crippen LogP contribution in [0.5, 0.6) is 0 Å². The Morgan fingerprint density at radius 2 is 2.38 bits per heavy atom. The van der Waals surface area contributed by atoms with Crippen LogP contribution in [0, 0.1) is 5.92 Å². The quantitative estimate of drug-likeness (QED) is 0.664. The Labute approximate surface area is 79.0 Å². The third-order valence-corrected chi connectivity index (χ3v) is 3.01. The van der Waals surface area contributed by atoms with Crippen LogP contribution in [-0.4, -0.2) is 19.0 Å². The summed E-state index contributed by atoms with van der Waals surface area (Å²) < 4.78 is 5.36. The van der Waals surface area contributed by atoms with Crippen molar-refractivity contribution in [2.24, 2.45) is 5.92 Å². The number of unbranched alkanes of at least 4 members (excludes halogenated alkanes) is 1. The smallest absolute Gasteiger partial charge is 0.159 e. The highest BCUT2D eigenvalue weighted by atomic mass is 16.5. The highest BCUT2D eigenvalue weighted by Crippen LogP contribution is 2.36. The van der Waals surface area contributed by atoms with Gasteiger partial charge in [0.25, 0.3) is 0 Å². The number of carbonyl (C=O) groups is 1. The molecular weight excluding hydrogens is 164 g/mol. The summed E-state index contributed by atoms with van der Waals surface area (Å²) in [5, 5.41) is 0. The van der Waals surface area contributed by atoms with Gasteiger partial charge >= 0.3 is 0 Å². The second-order valence-corrected chi connectivity index (χ2v) is 3.95. The fourth-order valence-electron chi connectivity index (χ4n) is 2.22. The Morgan fingerprint density at radius 1 is 1.54 bits per heavy atom. The van der Waals surface area contributed by atoms with Crippen LogP contribution in [0.3, 0.4) is 0 Å². The minimum atomic E-state index is 0.386. The minimum Gasteiger partial charge on any atom is -0.376 e. The fraction of sp³-hybridized carbons (Fsp3) is 0.727. The fourth-order valence-corrected chi connectivity index (χ4v) is 2.22. The molecule has 1 unspecified atom stereocenters. The highest BCUT2D eigenvalue weighted by molar-refractivity contribution is 5.99. The van der Waals surface area contributed by atoms with E-state index in [2.05, 4.69) is 6.92 Å². The van der Waals surface area contributed by atoms with Crippen LogP contribution in [0.15, 0.2) is 11.1 Å². The first-order chi connectivity index (χ1) is 6.33. The molecule has 0 radical (unpaired) electrons. The minimum absolute atomic E-state index is 0.386. The zero-order chi connectivity index (χ0) is 9.26. The maximum absolute atomic E-state index is 11.6. The van der Waals surface area contributed by atoms with Crippen LogP contribution in [0.2, 0.25) is 0 Å². The van der Waals surface area contributed by atoms with Gasteiger partial charge in [0.2, 0.25) is 0 Å². The van der Waals surface area contributed by atoms with Crippen molar-refractivity contribution < 1.29 is 9.53 Å². The Hall–Kier alpha value is -0.630.